The molecule has 1 aliphatic heterocycles. The lowest BCUT2D eigenvalue weighted by Gasteiger charge is -2.26. The van der Waals surface area contributed by atoms with Crippen LogP contribution < -0.4 is 10.1 Å². The molecule has 1 heterocycles. The van der Waals surface area contributed by atoms with Crippen LogP contribution in [0.25, 0.3) is 6.08 Å². The van der Waals surface area contributed by atoms with E-state index in [4.69, 9.17) is 9.47 Å². The van der Waals surface area contributed by atoms with Crippen molar-refractivity contribution in [2.45, 2.75) is 18.7 Å². The summed E-state index contributed by atoms with van der Waals surface area (Å²) in [5.41, 5.74) is 2.87. The summed E-state index contributed by atoms with van der Waals surface area (Å²) in [6.45, 7) is 5.09. The van der Waals surface area contributed by atoms with Crippen molar-refractivity contribution in [3.8, 4) is 5.75 Å². The zero-order valence-electron chi connectivity index (χ0n) is 17.3. The van der Waals surface area contributed by atoms with Gasteiger partial charge >= 0.3 is 0 Å². The number of anilines is 1. The predicted octanol–water partition coefficient (Wildman–Crippen LogP) is 2.98. The van der Waals surface area contributed by atoms with Gasteiger partial charge in [-0.2, -0.15) is 4.31 Å². The van der Waals surface area contributed by atoms with Gasteiger partial charge in [-0.15, -0.1) is 0 Å². The van der Waals surface area contributed by atoms with Crippen LogP contribution in [0, 0.1) is 13.8 Å². The Morgan fingerprint density at radius 1 is 1.13 bits per heavy atom. The van der Waals surface area contributed by atoms with E-state index in [0.717, 1.165) is 11.1 Å². The number of ether oxygens (including phenoxy) is 2. The number of nitrogens with zero attached hydrogens (tertiary/aromatic N) is 1. The van der Waals surface area contributed by atoms with Crippen molar-refractivity contribution < 1.29 is 22.7 Å². The molecule has 30 heavy (non-hydrogen) atoms. The van der Waals surface area contributed by atoms with E-state index in [0.29, 0.717) is 43.3 Å². The number of rotatable bonds is 6. The number of sulfonamides is 1. The van der Waals surface area contributed by atoms with Gasteiger partial charge in [-0.05, 0) is 49.8 Å². The highest BCUT2D eigenvalue weighted by Crippen LogP contribution is 2.25. The first kappa shape index (κ1) is 22.0. The molecule has 0 unspecified atom stereocenters. The molecule has 2 aromatic rings. The van der Waals surface area contributed by atoms with Crippen LogP contribution in [0.2, 0.25) is 0 Å². The standard InChI is InChI=1S/C22H26N2O5S/c1-16-4-8-20(28-3)18(14-16)6-9-22(25)23-19-7-5-17(2)21(15-19)30(26,27)24-10-12-29-13-11-24/h4-9,14-15H,10-13H2,1-3H3,(H,23,25)/b9-6+. The second-order valence-electron chi connectivity index (χ2n) is 7.06. The van der Waals surface area contributed by atoms with Crippen LogP contribution in [0.4, 0.5) is 5.69 Å². The van der Waals surface area contributed by atoms with Gasteiger partial charge in [0.1, 0.15) is 5.75 Å². The van der Waals surface area contributed by atoms with E-state index < -0.39 is 10.0 Å². The number of amides is 1. The molecular formula is C22H26N2O5S. The molecule has 0 spiro atoms. The lowest BCUT2D eigenvalue weighted by Crippen LogP contribution is -2.40. The highest BCUT2D eigenvalue weighted by atomic mass is 32.2. The summed E-state index contributed by atoms with van der Waals surface area (Å²) in [5, 5.41) is 2.73. The van der Waals surface area contributed by atoms with Crippen LogP contribution in [-0.4, -0.2) is 52.0 Å². The summed E-state index contributed by atoms with van der Waals surface area (Å²) < 4.78 is 37.9. The lowest BCUT2D eigenvalue weighted by atomic mass is 10.1. The normalized spacial score (nSPS) is 15.3. The number of hydrogen-bond donors (Lipinski definition) is 1. The number of nitrogens with one attached hydrogen (secondary N) is 1. The molecule has 2 aromatic carbocycles. The fourth-order valence-corrected chi connectivity index (χ4v) is 4.87. The van der Waals surface area contributed by atoms with Gasteiger partial charge in [0, 0.05) is 30.4 Å². The molecule has 1 N–H and O–H groups in total. The number of aryl methyl sites for hydroxylation is 2. The van der Waals surface area contributed by atoms with E-state index in [2.05, 4.69) is 5.32 Å². The molecule has 1 fully saturated rings. The highest BCUT2D eigenvalue weighted by Gasteiger charge is 2.28. The van der Waals surface area contributed by atoms with Crippen molar-refractivity contribution in [3.63, 3.8) is 0 Å². The second kappa shape index (κ2) is 9.42. The number of morpholine rings is 1. The first-order chi connectivity index (χ1) is 14.3. The van der Waals surface area contributed by atoms with Crippen LogP contribution in [-0.2, 0) is 19.6 Å². The molecule has 0 saturated carbocycles. The Bertz CT molecular complexity index is 1060. The Balaban J connectivity index is 1.78. The average molecular weight is 431 g/mol. The first-order valence-corrected chi connectivity index (χ1v) is 11.1. The molecule has 1 aliphatic rings. The predicted molar refractivity (Wildman–Crippen MR) is 116 cm³/mol. The minimum absolute atomic E-state index is 0.187. The fourth-order valence-electron chi connectivity index (χ4n) is 3.22. The second-order valence-corrected chi connectivity index (χ2v) is 8.97. The Morgan fingerprint density at radius 3 is 2.57 bits per heavy atom. The van der Waals surface area contributed by atoms with Gasteiger partial charge in [0.05, 0.1) is 25.2 Å². The largest absolute Gasteiger partial charge is 0.496 e. The minimum atomic E-state index is -3.65. The molecule has 8 heteroatoms. The number of hydrogen-bond acceptors (Lipinski definition) is 5. The third-order valence-electron chi connectivity index (χ3n) is 4.84. The maximum absolute atomic E-state index is 13.0. The Labute approximate surface area is 177 Å². The monoisotopic (exact) mass is 430 g/mol. The van der Waals surface area contributed by atoms with E-state index in [1.54, 1.807) is 32.2 Å². The van der Waals surface area contributed by atoms with Gasteiger partial charge in [0.15, 0.2) is 0 Å². The summed E-state index contributed by atoms with van der Waals surface area (Å²) >= 11 is 0. The van der Waals surface area contributed by atoms with Crippen LogP contribution in [0.5, 0.6) is 5.75 Å². The quantitative estimate of drug-likeness (QED) is 0.712. The van der Waals surface area contributed by atoms with Gasteiger partial charge in [-0.1, -0.05) is 17.7 Å². The minimum Gasteiger partial charge on any atom is -0.496 e. The van der Waals surface area contributed by atoms with Crippen molar-refractivity contribution in [3.05, 3.63) is 59.2 Å². The van der Waals surface area contributed by atoms with Gasteiger partial charge in [0.2, 0.25) is 15.9 Å². The van der Waals surface area contributed by atoms with Gasteiger partial charge < -0.3 is 14.8 Å². The Hall–Kier alpha value is -2.68. The van der Waals surface area contributed by atoms with E-state index in [-0.39, 0.29) is 10.8 Å². The van der Waals surface area contributed by atoms with Crippen molar-refractivity contribution in [1.29, 1.82) is 0 Å². The maximum atomic E-state index is 13.0. The molecule has 7 nitrogen and oxygen atoms in total. The smallest absolute Gasteiger partial charge is 0.248 e. The van der Waals surface area contributed by atoms with E-state index in [9.17, 15) is 13.2 Å². The number of methoxy groups -OCH3 is 1. The summed E-state index contributed by atoms with van der Waals surface area (Å²) in [5.74, 6) is 0.302. The van der Waals surface area contributed by atoms with Crippen LogP contribution in [0.15, 0.2) is 47.4 Å². The summed E-state index contributed by atoms with van der Waals surface area (Å²) in [6, 6.07) is 10.6. The van der Waals surface area contributed by atoms with Crippen molar-refractivity contribution >= 4 is 27.7 Å². The molecule has 1 amide bonds. The molecule has 1 saturated heterocycles. The molecule has 0 aromatic heterocycles. The topological polar surface area (TPSA) is 84.9 Å². The van der Waals surface area contributed by atoms with Crippen LogP contribution >= 0.6 is 0 Å². The molecule has 0 bridgehead atoms. The number of carbonyl (C=O) groups excluding carboxylic acids is 1. The van der Waals surface area contributed by atoms with E-state index in [1.165, 1.54) is 16.4 Å². The van der Waals surface area contributed by atoms with Crippen LogP contribution in [0.1, 0.15) is 16.7 Å². The first-order valence-electron chi connectivity index (χ1n) is 9.63. The van der Waals surface area contributed by atoms with Crippen molar-refractivity contribution in [1.82, 2.24) is 4.31 Å². The zero-order chi connectivity index (χ0) is 21.7. The number of carbonyl (C=O) groups is 1. The SMILES string of the molecule is COc1ccc(C)cc1/C=C/C(=O)Nc1ccc(C)c(S(=O)(=O)N2CCOCC2)c1. The molecule has 0 aliphatic carbocycles. The lowest BCUT2D eigenvalue weighted by molar-refractivity contribution is -0.111. The Morgan fingerprint density at radius 2 is 1.87 bits per heavy atom. The summed E-state index contributed by atoms with van der Waals surface area (Å²) in [7, 11) is -2.08. The third-order valence-corrected chi connectivity index (χ3v) is 6.88. The van der Waals surface area contributed by atoms with Gasteiger partial charge in [-0.3, -0.25) is 4.79 Å². The maximum Gasteiger partial charge on any atom is 0.248 e. The molecule has 160 valence electrons. The van der Waals surface area contributed by atoms with Crippen molar-refractivity contribution in [2.75, 3.05) is 38.7 Å². The molecule has 0 radical (unpaired) electrons. The zero-order valence-corrected chi connectivity index (χ0v) is 18.2. The van der Waals surface area contributed by atoms with E-state index >= 15 is 0 Å². The third kappa shape index (κ3) is 5.08. The van der Waals surface area contributed by atoms with E-state index in [1.807, 2.05) is 25.1 Å². The molecule has 0 atom stereocenters. The molecule has 3 rings (SSSR count). The summed E-state index contributed by atoms with van der Waals surface area (Å²) in [6.07, 6.45) is 3.06. The fraction of sp³-hybridized carbons (Fsp3) is 0.318. The van der Waals surface area contributed by atoms with Crippen LogP contribution in [0.3, 0.4) is 0 Å². The highest BCUT2D eigenvalue weighted by molar-refractivity contribution is 7.89. The van der Waals surface area contributed by atoms with Gasteiger partial charge in [-0.25, -0.2) is 8.42 Å². The summed E-state index contributed by atoms with van der Waals surface area (Å²) in [4.78, 5) is 12.6. The molecular weight excluding hydrogens is 404 g/mol. The Kier molecular flexibility index (Phi) is 6.91. The van der Waals surface area contributed by atoms with Gasteiger partial charge in [0.25, 0.3) is 0 Å². The average Bonchev–Trinajstić information content (AvgIpc) is 2.74. The van der Waals surface area contributed by atoms with Crippen molar-refractivity contribution in [2.24, 2.45) is 0 Å². The number of benzene rings is 2.